The highest BCUT2D eigenvalue weighted by molar-refractivity contribution is 5.87. The van der Waals surface area contributed by atoms with Crippen molar-refractivity contribution in [2.75, 3.05) is 32.2 Å². The van der Waals surface area contributed by atoms with Crippen LogP contribution in [0.4, 0.5) is 5.82 Å². The SMILES string of the molecule is COCC1CC(CN(C)c2ncnc3[nH]ccc23)NN1. The Balaban J connectivity index is 1.68. The second kappa shape index (κ2) is 5.74. The van der Waals surface area contributed by atoms with Crippen LogP contribution in [0.1, 0.15) is 6.42 Å². The third kappa shape index (κ3) is 2.60. The predicted octanol–water partition coefficient (Wildman–Crippen LogP) is 0.276. The molecule has 0 saturated carbocycles. The monoisotopic (exact) mass is 276 g/mol. The van der Waals surface area contributed by atoms with Gasteiger partial charge in [-0.25, -0.2) is 9.97 Å². The van der Waals surface area contributed by atoms with E-state index in [0.29, 0.717) is 12.1 Å². The van der Waals surface area contributed by atoms with Crippen molar-refractivity contribution in [2.45, 2.75) is 18.5 Å². The molecule has 0 bridgehead atoms. The van der Waals surface area contributed by atoms with E-state index in [1.54, 1.807) is 13.4 Å². The number of H-pyrrole nitrogens is 1. The molecule has 1 saturated heterocycles. The molecule has 0 amide bonds. The van der Waals surface area contributed by atoms with E-state index in [4.69, 9.17) is 4.74 Å². The minimum absolute atomic E-state index is 0.371. The standard InChI is InChI=1S/C13H20N6O/c1-19(6-9-5-10(7-20-2)18-17-9)13-11-3-4-14-12(11)15-8-16-13/h3-4,8-10,17-18H,5-7H2,1-2H3,(H,14,15,16). The number of nitrogens with one attached hydrogen (secondary N) is 3. The first-order valence-electron chi connectivity index (χ1n) is 6.77. The maximum absolute atomic E-state index is 5.17. The van der Waals surface area contributed by atoms with E-state index < -0.39 is 0 Å². The number of anilines is 1. The number of aromatic nitrogens is 3. The minimum atomic E-state index is 0.371. The zero-order valence-corrected chi connectivity index (χ0v) is 11.8. The van der Waals surface area contributed by atoms with Crippen LogP contribution in [0.2, 0.25) is 0 Å². The zero-order valence-electron chi connectivity index (χ0n) is 11.8. The number of hydrogen-bond acceptors (Lipinski definition) is 6. The maximum atomic E-state index is 5.17. The Hall–Kier alpha value is -1.70. The van der Waals surface area contributed by atoms with E-state index in [9.17, 15) is 0 Å². The molecule has 20 heavy (non-hydrogen) atoms. The van der Waals surface area contributed by atoms with E-state index in [1.807, 2.05) is 12.3 Å². The van der Waals surface area contributed by atoms with Gasteiger partial charge in [0.05, 0.1) is 12.0 Å². The van der Waals surface area contributed by atoms with Gasteiger partial charge in [0.2, 0.25) is 0 Å². The Morgan fingerprint density at radius 1 is 1.35 bits per heavy atom. The van der Waals surface area contributed by atoms with Gasteiger partial charge in [0.25, 0.3) is 0 Å². The van der Waals surface area contributed by atoms with E-state index >= 15 is 0 Å². The molecule has 0 spiro atoms. The van der Waals surface area contributed by atoms with Crippen LogP contribution in [0.5, 0.6) is 0 Å². The maximum Gasteiger partial charge on any atom is 0.142 e. The van der Waals surface area contributed by atoms with Crippen molar-refractivity contribution >= 4 is 16.9 Å². The van der Waals surface area contributed by atoms with Gasteiger partial charge in [0.1, 0.15) is 17.8 Å². The van der Waals surface area contributed by atoms with Crippen LogP contribution in [-0.4, -0.2) is 54.3 Å². The zero-order chi connectivity index (χ0) is 13.9. The van der Waals surface area contributed by atoms with Gasteiger partial charge < -0.3 is 14.6 Å². The number of methoxy groups -OCH3 is 1. The molecule has 2 aromatic heterocycles. The normalized spacial score (nSPS) is 22.5. The molecule has 2 aromatic rings. The van der Waals surface area contributed by atoms with Crippen molar-refractivity contribution in [3.05, 3.63) is 18.6 Å². The average Bonchev–Trinajstić information content (AvgIpc) is 3.07. The van der Waals surface area contributed by atoms with Crippen molar-refractivity contribution in [1.29, 1.82) is 0 Å². The largest absolute Gasteiger partial charge is 0.383 e. The lowest BCUT2D eigenvalue weighted by molar-refractivity contribution is 0.171. The first-order valence-corrected chi connectivity index (χ1v) is 6.77. The molecule has 0 aliphatic carbocycles. The highest BCUT2D eigenvalue weighted by Crippen LogP contribution is 2.21. The van der Waals surface area contributed by atoms with E-state index in [-0.39, 0.29) is 0 Å². The van der Waals surface area contributed by atoms with Crippen molar-refractivity contribution < 1.29 is 4.74 Å². The molecular weight excluding hydrogens is 256 g/mol. The number of nitrogens with zero attached hydrogens (tertiary/aromatic N) is 3. The summed E-state index contributed by atoms with van der Waals surface area (Å²) >= 11 is 0. The molecule has 2 unspecified atom stereocenters. The Labute approximate surface area is 117 Å². The molecule has 1 aliphatic rings. The summed E-state index contributed by atoms with van der Waals surface area (Å²) in [6.07, 6.45) is 4.53. The second-order valence-electron chi connectivity index (χ2n) is 5.19. The van der Waals surface area contributed by atoms with Gasteiger partial charge in [0.15, 0.2) is 0 Å². The number of hydrazine groups is 1. The van der Waals surface area contributed by atoms with Crippen LogP contribution in [0.3, 0.4) is 0 Å². The summed E-state index contributed by atoms with van der Waals surface area (Å²) in [5.74, 6) is 0.952. The minimum Gasteiger partial charge on any atom is -0.383 e. The highest BCUT2D eigenvalue weighted by atomic mass is 16.5. The molecule has 0 radical (unpaired) electrons. The van der Waals surface area contributed by atoms with Gasteiger partial charge >= 0.3 is 0 Å². The van der Waals surface area contributed by atoms with Crippen molar-refractivity contribution in [3.8, 4) is 0 Å². The van der Waals surface area contributed by atoms with Gasteiger partial charge in [-0.3, -0.25) is 10.9 Å². The number of aromatic amines is 1. The van der Waals surface area contributed by atoms with Crippen molar-refractivity contribution in [2.24, 2.45) is 0 Å². The fourth-order valence-electron chi connectivity index (χ4n) is 2.71. The summed E-state index contributed by atoms with van der Waals surface area (Å²) in [5.41, 5.74) is 7.44. The van der Waals surface area contributed by atoms with Crippen LogP contribution in [0.15, 0.2) is 18.6 Å². The summed E-state index contributed by atoms with van der Waals surface area (Å²) in [4.78, 5) is 13.9. The number of likely N-dealkylation sites (N-methyl/N-ethyl adjacent to an activating group) is 1. The first kappa shape index (κ1) is 13.3. The highest BCUT2D eigenvalue weighted by Gasteiger charge is 2.25. The summed E-state index contributed by atoms with van der Waals surface area (Å²) in [6, 6.07) is 2.76. The van der Waals surface area contributed by atoms with E-state index in [1.165, 1.54) is 0 Å². The lowest BCUT2D eigenvalue weighted by atomic mass is 10.1. The van der Waals surface area contributed by atoms with Crippen LogP contribution in [0, 0.1) is 0 Å². The lowest BCUT2D eigenvalue weighted by Crippen LogP contribution is -2.40. The summed E-state index contributed by atoms with van der Waals surface area (Å²) in [6.45, 7) is 1.60. The van der Waals surface area contributed by atoms with Crippen LogP contribution in [0.25, 0.3) is 11.0 Å². The molecule has 108 valence electrons. The van der Waals surface area contributed by atoms with Crippen LogP contribution in [-0.2, 0) is 4.74 Å². The molecule has 1 aliphatic heterocycles. The third-order valence-corrected chi connectivity index (χ3v) is 3.62. The van der Waals surface area contributed by atoms with Crippen LogP contribution < -0.4 is 15.8 Å². The molecular formula is C13H20N6O. The first-order chi connectivity index (χ1) is 9.78. The molecule has 0 aromatic carbocycles. The molecule has 2 atom stereocenters. The van der Waals surface area contributed by atoms with Gasteiger partial charge in [0, 0.05) is 39.0 Å². The topological polar surface area (TPSA) is 78.1 Å². The molecule has 1 fully saturated rings. The van der Waals surface area contributed by atoms with Crippen molar-refractivity contribution in [3.63, 3.8) is 0 Å². The van der Waals surface area contributed by atoms with Gasteiger partial charge in [-0.1, -0.05) is 0 Å². The number of fused-ring (bicyclic) bond motifs is 1. The lowest BCUT2D eigenvalue weighted by Gasteiger charge is -2.22. The fraction of sp³-hybridized carbons (Fsp3) is 0.538. The second-order valence-corrected chi connectivity index (χ2v) is 5.19. The molecule has 7 nitrogen and oxygen atoms in total. The molecule has 3 rings (SSSR count). The Morgan fingerprint density at radius 2 is 2.20 bits per heavy atom. The smallest absolute Gasteiger partial charge is 0.142 e. The predicted molar refractivity (Wildman–Crippen MR) is 77.5 cm³/mol. The summed E-state index contributed by atoms with van der Waals surface area (Å²) in [7, 11) is 3.78. The average molecular weight is 276 g/mol. The van der Waals surface area contributed by atoms with Crippen LogP contribution >= 0.6 is 0 Å². The fourth-order valence-corrected chi connectivity index (χ4v) is 2.71. The van der Waals surface area contributed by atoms with Gasteiger partial charge in [-0.15, -0.1) is 0 Å². The van der Waals surface area contributed by atoms with Gasteiger partial charge in [-0.2, -0.15) is 0 Å². The molecule has 7 heteroatoms. The number of hydrogen-bond donors (Lipinski definition) is 3. The number of ether oxygens (including phenoxy) is 1. The Bertz CT molecular complexity index is 571. The Morgan fingerprint density at radius 3 is 3.05 bits per heavy atom. The van der Waals surface area contributed by atoms with E-state index in [2.05, 4.69) is 37.8 Å². The number of rotatable bonds is 5. The van der Waals surface area contributed by atoms with Crippen molar-refractivity contribution in [1.82, 2.24) is 25.8 Å². The summed E-state index contributed by atoms with van der Waals surface area (Å²) < 4.78 is 5.17. The Kier molecular flexibility index (Phi) is 3.81. The molecule has 3 heterocycles. The third-order valence-electron chi connectivity index (χ3n) is 3.62. The van der Waals surface area contributed by atoms with Gasteiger partial charge in [-0.05, 0) is 12.5 Å². The quantitative estimate of drug-likeness (QED) is 0.728. The molecule has 3 N–H and O–H groups in total. The van der Waals surface area contributed by atoms with E-state index in [0.717, 1.165) is 36.4 Å². The summed E-state index contributed by atoms with van der Waals surface area (Å²) in [5, 5.41) is 1.05.